The van der Waals surface area contributed by atoms with Crippen LogP contribution in [0, 0.1) is 11.6 Å². The number of rotatable bonds is 3. The molecule has 0 aliphatic rings. The largest absolute Gasteiger partial charge is 0.204 e. The zero-order valence-electron chi connectivity index (χ0n) is 9.70. The van der Waals surface area contributed by atoms with Gasteiger partial charge in [0.15, 0.2) is 11.6 Å². The van der Waals surface area contributed by atoms with E-state index in [1.165, 1.54) is 15.5 Å². The highest BCUT2D eigenvalue weighted by atomic mass is 35.5. The topological polar surface area (TPSA) is 0 Å². The molecule has 0 radical (unpaired) electrons. The molecule has 0 N–H and O–H groups in total. The average molecular weight is 315 g/mol. The Morgan fingerprint density at radius 2 is 1.89 bits per heavy atom. The summed E-state index contributed by atoms with van der Waals surface area (Å²) in [4.78, 5) is 1.06. The Balaban J connectivity index is 1.82. The lowest BCUT2D eigenvalue weighted by atomic mass is 10.1. The van der Waals surface area contributed by atoms with Crippen LogP contribution >= 0.6 is 34.3 Å². The molecule has 1 unspecified atom stereocenters. The van der Waals surface area contributed by atoms with Gasteiger partial charge in [0, 0.05) is 14.3 Å². The number of thiophene rings is 2. The first-order valence-electron chi connectivity index (χ1n) is 5.68. The van der Waals surface area contributed by atoms with Crippen molar-refractivity contribution in [2.24, 2.45) is 0 Å². The maximum absolute atomic E-state index is 13.1. The molecule has 2 aromatic heterocycles. The van der Waals surface area contributed by atoms with Crippen molar-refractivity contribution in [3.63, 3.8) is 0 Å². The molecule has 0 fully saturated rings. The van der Waals surface area contributed by atoms with Crippen LogP contribution < -0.4 is 0 Å². The highest BCUT2D eigenvalue weighted by molar-refractivity contribution is 7.27. The molecule has 0 saturated carbocycles. The molecule has 3 rings (SSSR count). The fourth-order valence-corrected chi connectivity index (χ4v) is 4.39. The Bertz CT molecular complexity index is 689. The molecule has 0 nitrogen and oxygen atoms in total. The van der Waals surface area contributed by atoms with Crippen LogP contribution in [0.15, 0.2) is 35.7 Å². The smallest absolute Gasteiger partial charge is 0.159 e. The van der Waals surface area contributed by atoms with Crippen molar-refractivity contribution >= 4 is 43.7 Å². The van der Waals surface area contributed by atoms with E-state index in [0.717, 1.165) is 10.9 Å². The second-order valence-corrected chi connectivity index (χ2v) is 6.81. The monoisotopic (exact) mass is 314 g/mol. The fraction of sp³-hybridized carbons (Fsp3) is 0.143. The third kappa shape index (κ3) is 2.66. The molecule has 0 spiro atoms. The Morgan fingerprint density at radius 3 is 2.63 bits per heavy atom. The van der Waals surface area contributed by atoms with Gasteiger partial charge in [0.1, 0.15) is 0 Å². The van der Waals surface area contributed by atoms with E-state index in [0.29, 0.717) is 12.0 Å². The van der Waals surface area contributed by atoms with Crippen molar-refractivity contribution in [1.29, 1.82) is 0 Å². The lowest BCUT2D eigenvalue weighted by Gasteiger charge is -2.07. The van der Waals surface area contributed by atoms with Crippen molar-refractivity contribution < 1.29 is 8.78 Å². The number of alkyl halides is 1. The first-order valence-corrected chi connectivity index (χ1v) is 7.81. The molecule has 5 heteroatoms. The maximum atomic E-state index is 13.1. The number of hydrogen-bond donors (Lipinski definition) is 0. The summed E-state index contributed by atoms with van der Waals surface area (Å²) < 4.78 is 28.4. The molecule has 0 amide bonds. The standard InChI is InChI=1S/C14H9ClF2S2/c15-9(5-8-1-2-10(16)11(17)6-8)13-7-14-12(19-13)3-4-18-14/h1-4,6-7,9H,5H2. The third-order valence-electron chi connectivity index (χ3n) is 2.87. The molecule has 1 aromatic carbocycles. The van der Waals surface area contributed by atoms with Crippen molar-refractivity contribution in [1.82, 2.24) is 0 Å². The molecule has 0 aliphatic carbocycles. The minimum absolute atomic E-state index is 0.213. The van der Waals surface area contributed by atoms with E-state index in [9.17, 15) is 8.78 Å². The van der Waals surface area contributed by atoms with Gasteiger partial charge in [-0.2, -0.15) is 0 Å². The first kappa shape index (κ1) is 13.0. The van der Waals surface area contributed by atoms with Crippen LogP contribution in [0.4, 0.5) is 8.78 Å². The second-order valence-electron chi connectivity index (χ2n) is 4.22. The van der Waals surface area contributed by atoms with Gasteiger partial charge < -0.3 is 0 Å². The summed E-state index contributed by atoms with van der Waals surface area (Å²) in [5.41, 5.74) is 0.704. The number of benzene rings is 1. The number of hydrogen-bond acceptors (Lipinski definition) is 2. The Hall–Kier alpha value is -0.970. The van der Waals surface area contributed by atoms with Gasteiger partial charge in [-0.25, -0.2) is 8.78 Å². The summed E-state index contributed by atoms with van der Waals surface area (Å²) >= 11 is 9.69. The van der Waals surface area contributed by atoms with E-state index in [-0.39, 0.29) is 5.38 Å². The second kappa shape index (κ2) is 5.19. The molecular weight excluding hydrogens is 306 g/mol. The highest BCUT2D eigenvalue weighted by Crippen LogP contribution is 2.37. The Morgan fingerprint density at radius 1 is 1.05 bits per heavy atom. The van der Waals surface area contributed by atoms with Gasteiger partial charge in [0.2, 0.25) is 0 Å². The van der Waals surface area contributed by atoms with Gasteiger partial charge in [0.25, 0.3) is 0 Å². The van der Waals surface area contributed by atoms with E-state index < -0.39 is 11.6 Å². The molecule has 0 saturated heterocycles. The molecule has 98 valence electrons. The van der Waals surface area contributed by atoms with Crippen LogP contribution in [0.1, 0.15) is 15.8 Å². The van der Waals surface area contributed by atoms with Crippen molar-refractivity contribution in [3.05, 3.63) is 57.8 Å². The summed E-state index contributed by atoms with van der Waals surface area (Å²) in [5, 5.41) is 1.83. The van der Waals surface area contributed by atoms with Crippen molar-refractivity contribution in [2.45, 2.75) is 11.8 Å². The van der Waals surface area contributed by atoms with Crippen LogP contribution in [-0.2, 0) is 6.42 Å². The first-order chi connectivity index (χ1) is 9.13. The molecule has 0 bridgehead atoms. The van der Waals surface area contributed by atoms with Crippen LogP contribution in [0.3, 0.4) is 0 Å². The molecule has 3 aromatic rings. The van der Waals surface area contributed by atoms with Gasteiger partial charge in [-0.05, 0) is 41.6 Å². The van der Waals surface area contributed by atoms with Gasteiger partial charge in [-0.15, -0.1) is 34.3 Å². The normalized spacial score (nSPS) is 13.0. The summed E-state index contributed by atoms with van der Waals surface area (Å²) in [7, 11) is 0. The third-order valence-corrected chi connectivity index (χ3v) is 5.59. The van der Waals surface area contributed by atoms with Crippen molar-refractivity contribution in [3.8, 4) is 0 Å². The van der Waals surface area contributed by atoms with Crippen molar-refractivity contribution in [2.75, 3.05) is 0 Å². The average Bonchev–Trinajstić information content (AvgIpc) is 2.94. The molecule has 0 aliphatic heterocycles. The Kier molecular flexibility index (Phi) is 3.56. The minimum atomic E-state index is -0.827. The molecular formula is C14H9ClF2S2. The highest BCUT2D eigenvalue weighted by Gasteiger charge is 2.14. The summed E-state index contributed by atoms with van der Waals surface area (Å²) in [6.45, 7) is 0. The SMILES string of the molecule is Fc1ccc(CC(Cl)c2cc3sccc3s2)cc1F. The van der Waals surface area contributed by atoms with Gasteiger partial charge in [-0.1, -0.05) is 6.07 Å². The lowest BCUT2D eigenvalue weighted by molar-refractivity contribution is 0.507. The summed E-state index contributed by atoms with van der Waals surface area (Å²) in [5.74, 6) is -1.65. The predicted molar refractivity (Wildman–Crippen MR) is 78.4 cm³/mol. The van der Waals surface area contributed by atoms with E-state index in [1.54, 1.807) is 28.7 Å². The van der Waals surface area contributed by atoms with Crippen LogP contribution in [-0.4, -0.2) is 0 Å². The maximum Gasteiger partial charge on any atom is 0.159 e. The van der Waals surface area contributed by atoms with Gasteiger partial charge >= 0.3 is 0 Å². The predicted octanol–water partition coefficient (Wildman–Crippen LogP) is 5.76. The number of halogens is 3. The van der Waals surface area contributed by atoms with E-state index in [1.807, 2.05) is 5.38 Å². The van der Waals surface area contributed by atoms with Gasteiger partial charge in [0.05, 0.1) is 5.38 Å². The zero-order valence-corrected chi connectivity index (χ0v) is 12.1. The van der Waals surface area contributed by atoms with Crippen LogP contribution in [0.2, 0.25) is 0 Å². The summed E-state index contributed by atoms with van der Waals surface area (Å²) in [6.07, 6.45) is 0.493. The minimum Gasteiger partial charge on any atom is -0.204 e. The van der Waals surface area contributed by atoms with Crippen LogP contribution in [0.5, 0.6) is 0 Å². The molecule has 1 atom stereocenters. The zero-order chi connectivity index (χ0) is 13.4. The quantitative estimate of drug-likeness (QED) is 0.539. The number of fused-ring (bicyclic) bond motifs is 1. The Labute approximate surface area is 122 Å². The van der Waals surface area contributed by atoms with E-state index >= 15 is 0 Å². The van der Waals surface area contributed by atoms with E-state index in [4.69, 9.17) is 11.6 Å². The van der Waals surface area contributed by atoms with Gasteiger partial charge in [-0.3, -0.25) is 0 Å². The fourth-order valence-electron chi connectivity index (χ4n) is 1.91. The van der Waals surface area contributed by atoms with Crippen LogP contribution in [0.25, 0.3) is 9.40 Å². The lowest BCUT2D eigenvalue weighted by Crippen LogP contribution is -1.95. The summed E-state index contributed by atoms with van der Waals surface area (Å²) in [6, 6.07) is 8.06. The molecule has 19 heavy (non-hydrogen) atoms. The molecule has 2 heterocycles. The van der Waals surface area contributed by atoms with E-state index in [2.05, 4.69) is 12.1 Å².